The van der Waals surface area contributed by atoms with Gasteiger partial charge in [-0.25, -0.2) is 4.98 Å². The molecule has 1 N–H and O–H groups in total. The van der Waals surface area contributed by atoms with E-state index in [2.05, 4.69) is 10.1 Å². The number of carbonyl (C=O) groups is 1. The van der Waals surface area contributed by atoms with Gasteiger partial charge in [0.05, 0.1) is 11.7 Å². The molecule has 1 aliphatic rings. The van der Waals surface area contributed by atoms with Crippen LogP contribution in [0.25, 0.3) is 0 Å². The monoisotopic (exact) mass is 420 g/mol. The Bertz CT molecular complexity index is 1150. The zero-order chi connectivity index (χ0) is 22.1. The van der Waals surface area contributed by atoms with E-state index in [1.54, 1.807) is 11.8 Å². The largest absolute Gasteiger partial charge is 0.361 e. The summed E-state index contributed by atoms with van der Waals surface area (Å²) in [5.74, 6) is 1.04. The van der Waals surface area contributed by atoms with Gasteiger partial charge in [0.25, 0.3) is 11.5 Å². The Morgan fingerprint density at radius 3 is 2.68 bits per heavy atom. The SMILES string of the molecule is Cc1nc([C@@H]2CCCN2C(=O)c2c(C(C)C)noc2C)[nH]c(=O)c1Cc1ccccc1. The topological polar surface area (TPSA) is 92.1 Å². The first-order valence-corrected chi connectivity index (χ1v) is 10.8. The predicted octanol–water partition coefficient (Wildman–Crippen LogP) is 4.07. The van der Waals surface area contributed by atoms with Crippen LogP contribution in [0.1, 0.15) is 83.1 Å². The molecular formula is C24H28N4O3. The zero-order valence-electron chi connectivity index (χ0n) is 18.4. The van der Waals surface area contributed by atoms with E-state index in [0.717, 1.165) is 18.4 Å². The number of likely N-dealkylation sites (tertiary alicyclic amines) is 1. The fraction of sp³-hybridized carbons (Fsp3) is 0.417. The number of H-pyrrole nitrogens is 1. The summed E-state index contributed by atoms with van der Waals surface area (Å²) in [6.07, 6.45) is 2.14. The number of hydrogen-bond acceptors (Lipinski definition) is 5. The van der Waals surface area contributed by atoms with Gasteiger partial charge in [-0.05, 0) is 38.2 Å². The van der Waals surface area contributed by atoms with Gasteiger partial charge in [0.1, 0.15) is 17.1 Å². The molecule has 2 aromatic heterocycles. The lowest BCUT2D eigenvalue weighted by Gasteiger charge is -2.24. The molecule has 0 bridgehead atoms. The molecule has 7 nitrogen and oxygen atoms in total. The predicted molar refractivity (Wildman–Crippen MR) is 117 cm³/mol. The molecule has 1 saturated heterocycles. The van der Waals surface area contributed by atoms with E-state index >= 15 is 0 Å². The first kappa shape index (κ1) is 21.0. The van der Waals surface area contributed by atoms with Gasteiger partial charge >= 0.3 is 0 Å². The second kappa shape index (κ2) is 8.49. The van der Waals surface area contributed by atoms with Crippen molar-refractivity contribution in [2.45, 2.75) is 58.9 Å². The molecular weight excluding hydrogens is 392 g/mol. The average Bonchev–Trinajstić information content (AvgIpc) is 3.38. The minimum Gasteiger partial charge on any atom is -0.361 e. The fourth-order valence-electron chi connectivity index (χ4n) is 4.28. The molecule has 162 valence electrons. The minimum absolute atomic E-state index is 0.0786. The molecule has 1 fully saturated rings. The number of rotatable bonds is 5. The van der Waals surface area contributed by atoms with E-state index in [9.17, 15) is 9.59 Å². The Morgan fingerprint density at radius 2 is 2.00 bits per heavy atom. The van der Waals surface area contributed by atoms with Crippen LogP contribution in [0.5, 0.6) is 0 Å². The Balaban J connectivity index is 1.64. The summed E-state index contributed by atoms with van der Waals surface area (Å²) < 4.78 is 5.32. The third kappa shape index (κ3) is 4.04. The molecule has 3 heterocycles. The standard InChI is InChI=1S/C24H28N4O3/c1-14(2)21-20(16(4)31-27-21)24(30)28-12-8-11-19(28)22-25-15(3)18(23(29)26-22)13-17-9-6-5-7-10-17/h5-7,9-10,14,19H,8,11-13H2,1-4H3,(H,25,26,29)/t19-/m0/s1. The van der Waals surface area contributed by atoms with Crippen LogP contribution in [-0.2, 0) is 6.42 Å². The van der Waals surface area contributed by atoms with Gasteiger partial charge in [-0.1, -0.05) is 49.3 Å². The van der Waals surface area contributed by atoms with Crippen LogP contribution in [0, 0.1) is 13.8 Å². The van der Waals surface area contributed by atoms with Crippen LogP contribution in [0.2, 0.25) is 0 Å². The van der Waals surface area contributed by atoms with Crippen molar-refractivity contribution >= 4 is 5.91 Å². The molecule has 1 aromatic carbocycles. The van der Waals surface area contributed by atoms with Gasteiger partial charge in [-0.2, -0.15) is 0 Å². The summed E-state index contributed by atoms with van der Waals surface area (Å²) in [5, 5.41) is 4.09. The van der Waals surface area contributed by atoms with Crippen LogP contribution in [0.4, 0.5) is 0 Å². The highest BCUT2D eigenvalue weighted by atomic mass is 16.5. The van der Waals surface area contributed by atoms with E-state index in [4.69, 9.17) is 9.51 Å². The van der Waals surface area contributed by atoms with E-state index in [1.807, 2.05) is 51.1 Å². The number of amides is 1. The lowest BCUT2D eigenvalue weighted by Crippen LogP contribution is -2.34. The lowest BCUT2D eigenvalue weighted by molar-refractivity contribution is 0.0726. The maximum absolute atomic E-state index is 13.4. The Hall–Kier alpha value is -3.22. The fourth-order valence-corrected chi connectivity index (χ4v) is 4.28. The number of benzene rings is 1. The summed E-state index contributed by atoms with van der Waals surface area (Å²) in [6.45, 7) is 8.21. The molecule has 3 aromatic rings. The van der Waals surface area contributed by atoms with Crippen molar-refractivity contribution in [1.82, 2.24) is 20.0 Å². The summed E-state index contributed by atoms with van der Waals surface area (Å²) in [5.41, 5.74) is 3.47. The maximum atomic E-state index is 13.4. The summed E-state index contributed by atoms with van der Waals surface area (Å²) in [4.78, 5) is 35.8. The molecule has 0 saturated carbocycles. The molecule has 0 unspecified atom stereocenters. The highest BCUT2D eigenvalue weighted by Gasteiger charge is 2.36. The molecule has 1 atom stereocenters. The summed E-state index contributed by atoms with van der Waals surface area (Å²) >= 11 is 0. The lowest BCUT2D eigenvalue weighted by atomic mass is 10.0. The zero-order valence-corrected chi connectivity index (χ0v) is 18.4. The van der Waals surface area contributed by atoms with Gasteiger partial charge in [0, 0.05) is 24.2 Å². The highest BCUT2D eigenvalue weighted by Crippen LogP contribution is 2.33. The third-order valence-electron chi connectivity index (χ3n) is 5.94. The van der Waals surface area contributed by atoms with Crippen molar-refractivity contribution in [2.24, 2.45) is 0 Å². The van der Waals surface area contributed by atoms with Gasteiger partial charge in [0.2, 0.25) is 0 Å². The van der Waals surface area contributed by atoms with Crippen molar-refractivity contribution in [3.8, 4) is 0 Å². The number of aromatic nitrogens is 3. The van der Waals surface area contributed by atoms with Crippen molar-refractivity contribution < 1.29 is 9.32 Å². The van der Waals surface area contributed by atoms with Crippen molar-refractivity contribution in [1.29, 1.82) is 0 Å². The molecule has 0 aliphatic carbocycles. The molecule has 31 heavy (non-hydrogen) atoms. The van der Waals surface area contributed by atoms with Crippen LogP contribution >= 0.6 is 0 Å². The normalized spacial score (nSPS) is 16.3. The van der Waals surface area contributed by atoms with Crippen molar-refractivity contribution in [3.63, 3.8) is 0 Å². The van der Waals surface area contributed by atoms with E-state index in [0.29, 0.717) is 47.1 Å². The Labute approximate surface area is 181 Å². The first-order chi connectivity index (χ1) is 14.9. The van der Waals surface area contributed by atoms with Gasteiger partial charge < -0.3 is 14.4 Å². The van der Waals surface area contributed by atoms with Gasteiger partial charge in [-0.15, -0.1) is 0 Å². The number of nitrogens with zero attached hydrogens (tertiary/aromatic N) is 3. The van der Waals surface area contributed by atoms with Crippen LogP contribution in [0.15, 0.2) is 39.6 Å². The quantitative estimate of drug-likeness (QED) is 0.672. The van der Waals surface area contributed by atoms with Gasteiger partial charge in [-0.3, -0.25) is 9.59 Å². The molecule has 1 aliphatic heterocycles. The number of nitrogens with one attached hydrogen (secondary N) is 1. The average molecular weight is 421 g/mol. The summed E-state index contributed by atoms with van der Waals surface area (Å²) in [7, 11) is 0. The van der Waals surface area contributed by atoms with Crippen LogP contribution in [-0.4, -0.2) is 32.5 Å². The number of carbonyl (C=O) groups excluding carboxylic acids is 1. The number of aryl methyl sites for hydroxylation is 2. The minimum atomic E-state index is -0.265. The Kier molecular flexibility index (Phi) is 5.76. The van der Waals surface area contributed by atoms with Crippen molar-refractivity contribution in [2.75, 3.05) is 6.54 Å². The Morgan fingerprint density at radius 1 is 1.26 bits per heavy atom. The maximum Gasteiger partial charge on any atom is 0.260 e. The second-order valence-corrected chi connectivity index (χ2v) is 8.49. The van der Waals surface area contributed by atoms with Crippen molar-refractivity contribution in [3.05, 3.63) is 80.3 Å². The van der Waals surface area contributed by atoms with Crippen LogP contribution in [0.3, 0.4) is 0 Å². The molecule has 0 radical (unpaired) electrons. The molecule has 4 rings (SSSR count). The van der Waals surface area contributed by atoms with E-state index in [-0.39, 0.29) is 23.4 Å². The smallest absolute Gasteiger partial charge is 0.260 e. The van der Waals surface area contributed by atoms with E-state index < -0.39 is 0 Å². The number of aromatic amines is 1. The molecule has 1 amide bonds. The van der Waals surface area contributed by atoms with E-state index in [1.165, 1.54) is 0 Å². The second-order valence-electron chi connectivity index (χ2n) is 8.49. The highest BCUT2D eigenvalue weighted by molar-refractivity contribution is 5.96. The van der Waals surface area contributed by atoms with Gasteiger partial charge in [0.15, 0.2) is 0 Å². The first-order valence-electron chi connectivity index (χ1n) is 10.8. The summed E-state index contributed by atoms with van der Waals surface area (Å²) in [6, 6.07) is 9.60. The number of hydrogen-bond donors (Lipinski definition) is 1. The third-order valence-corrected chi connectivity index (χ3v) is 5.94. The van der Waals surface area contributed by atoms with Crippen LogP contribution < -0.4 is 5.56 Å². The molecule has 7 heteroatoms. The molecule has 0 spiro atoms.